The molecule has 1 atom stereocenters. The van der Waals surface area contributed by atoms with Gasteiger partial charge in [-0.05, 0) is 6.92 Å². The summed E-state index contributed by atoms with van der Waals surface area (Å²) in [6.45, 7) is 0.141. The Hall–Kier alpha value is -1.70. The van der Waals surface area contributed by atoms with Gasteiger partial charge in [0, 0.05) is 17.7 Å². The second-order valence-corrected chi connectivity index (χ2v) is 3.98. The maximum atomic E-state index is 12.7. The van der Waals surface area contributed by atoms with Gasteiger partial charge in [-0.15, -0.1) is 0 Å². The third-order valence-electron chi connectivity index (χ3n) is 2.56. The van der Waals surface area contributed by atoms with Crippen molar-refractivity contribution < 1.29 is 22.5 Å². The molecule has 0 aliphatic heterocycles. The van der Waals surface area contributed by atoms with Crippen molar-refractivity contribution in [1.82, 2.24) is 5.32 Å². The number of nitro groups is 1. The molecule has 1 unspecified atom stereocenters. The van der Waals surface area contributed by atoms with Gasteiger partial charge in [0.25, 0.3) is 5.69 Å². The van der Waals surface area contributed by atoms with E-state index in [1.807, 2.05) is 0 Å². The van der Waals surface area contributed by atoms with E-state index >= 15 is 0 Å². The van der Waals surface area contributed by atoms with Gasteiger partial charge in [-0.2, -0.15) is 8.78 Å². The maximum Gasteiger partial charge on any atom is 0.319 e. The number of nitrogens with one attached hydrogen (secondary N) is 1. The van der Waals surface area contributed by atoms with E-state index < -0.39 is 29.9 Å². The van der Waals surface area contributed by atoms with Gasteiger partial charge < -0.3 is 5.32 Å². The summed E-state index contributed by atoms with van der Waals surface area (Å²) >= 11 is 0. The third-order valence-corrected chi connectivity index (χ3v) is 2.56. The second-order valence-electron chi connectivity index (χ2n) is 3.98. The Morgan fingerprint density at radius 3 is 2.47 bits per heavy atom. The van der Waals surface area contributed by atoms with Crippen LogP contribution in [0.4, 0.5) is 23.2 Å². The lowest BCUT2D eigenvalue weighted by Gasteiger charge is -2.19. The fourth-order valence-electron chi connectivity index (χ4n) is 1.50. The summed E-state index contributed by atoms with van der Waals surface area (Å²) in [4.78, 5) is 10.1. The van der Waals surface area contributed by atoms with Crippen molar-refractivity contribution in [2.45, 2.75) is 25.3 Å². The molecule has 0 amide bonds. The van der Waals surface area contributed by atoms with Crippen LogP contribution in [0, 0.1) is 10.1 Å². The number of benzene rings is 1. The van der Waals surface area contributed by atoms with E-state index in [0.717, 1.165) is 0 Å². The lowest BCUT2D eigenvalue weighted by Crippen LogP contribution is -2.39. The minimum absolute atomic E-state index is 0.164. The number of rotatable bonds is 6. The molecule has 0 radical (unpaired) electrons. The summed E-state index contributed by atoms with van der Waals surface area (Å²) < 4.78 is 49.4. The minimum atomic E-state index is -4.17. The van der Waals surface area contributed by atoms with Gasteiger partial charge in [-0.3, -0.25) is 10.1 Å². The molecule has 1 aromatic rings. The van der Waals surface area contributed by atoms with Crippen LogP contribution in [0.5, 0.6) is 0 Å². The van der Waals surface area contributed by atoms with Crippen molar-refractivity contribution in [3.8, 4) is 0 Å². The van der Waals surface area contributed by atoms with Crippen molar-refractivity contribution in [2.75, 3.05) is 6.54 Å². The average Bonchev–Trinajstić information content (AvgIpc) is 2.35. The van der Waals surface area contributed by atoms with Crippen molar-refractivity contribution in [3.05, 3.63) is 39.9 Å². The number of nitro benzene ring substituents is 1. The number of para-hydroxylation sites is 1. The minimum Gasteiger partial charge on any atom is -0.304 e. The highest BCUT2D eigenvalue weighted by Gasteiger charge is 2.40. The first-order valence-corrected chi connectivity index (χ1v) is 5.38. The molecule has 1 rings (SSSR count). The van der Waals surface area contributed by atoms with Gasteiger partial charge in [0.05, 0.1) is 11.5 Å². The zero-order valence-corrected chi connectivity index (χ0v) is 9.95. The molecule has 1 N–H and O–H groups in total. The topological polar surface area (TPSA) is 55.2 Å². The molecule has 106 valence electrons. The predicted octanol–water partition coefficient (Wildman–Crippen LogP) is 3.15. The first-order chi connectivity index (χ1) is 8.75. The quantitative estimate of drug-likeness (QED) is 0.495. The first-order valence-electron chi connectivity index (χ1n) is 5.38. The van der Waals surface area contributed by atoms with Crippen molar-refractivity contribution in [1.29, 1.82) is 0 Å². The molecule has 0 saturated carbocycles. The number of halogens is 4. The Balaban J connectivity index is 2.79. The standard InChI is InChI=1S/C11H12F4N2O2/c1-7(16-6-11(14,15)10(12)13)8-4-2-3-5-9(8)17(18)19/h2-5,7,10,16H,6H2,1H3. The molecule has 8 heteroatoms. The molecule has 0 aliphatic rings. The molecule has 0 aromatic heterocycles. The lowest BCUT2D eigenvalue weighted by molar-refractivity contribution is -0.385. The van der Waals surface area contributed by atoms with E-state index in [2.05, 4.69) is 5.32 Å². The monoisotopic (exact) mass is 280 g/mol. The van der Waals surface area contributed by atoms with E-state index in [-0.39, 0.29) is 11.3 Å². The van der Waals surface area contributed by atoms with Crippen LogP contribution < -0.4 is 5.32 Å². The van der Waals surface area contributed by atoms with Crippen LogP contribution in [0.15, 0.2) is 24.3 Å². The average molecular weight is 280 g/mol. The SMILES string of the molecule is CC(NCC(F)(F)C(F)F)c1ccccc1[N+](=O)[O-]. The maximum absolute atomic E-state index is 12.7. The van der Waals surface area contributed by atoms with E-state index in [1.165, 1.54) is 31.2 Å². The van der Waals surface area contributed by atoms with Gasteiger partial charge in [-0.25, -0.2) is 8.78 Å². The van der Waals surface area contributed by atoms with Gasteiger partial charge in [0.2, 0.25) is 0 Å². The van der Waals surface area contributed by atoms with E-state index in [9.17, 15) is 27.7 Å². The van der Waals surface area contributed by atoms with Crippen LogP contribution >= 0.6 is 0 Å². The summed E-state index contributed by atoms with van der Waals surface area (Å²) in [5.41, 5.74) is -0.0829. The molecule has 19 heavy (non-hydrogen) atoms. The zero-order chi connectivity index (χ0) is 14.6. The lowest BCUT2D eigenvalue weighted by atomic mass is 10.1. The van der Waals surface area contributed by atoms with Crippen molar-refractivity contribution in [2.24, 2.45) is 0 Å². The Morgan fingerprint density at radius 2 is 1.95 bits per heavy atom. The summed E-state index contributed by atoms with van der Waals surface area (Å²) in [5.74, 6) is -4.17. The normalized spacial score (nSPS) is 13.6. The number of hydrogen-bond donors (Lipinski definition) is 1. The number of hydrogen-bond acceptors (Lipinski definition) is 3. The van der Waals surface area contributed by atoms with E-state index in [4.69, 9.17) is 0 Å². The summed E-state index contributed by atoms with van der Waals surface area (Å²) in [7, 11) is 0. The third kappa shape index (κ3) is 3.88. The largest absolute Gasteiger partial charge is 0.319 e. The smallest absolute Gasteiger partial charge is 0.304 e. The Bertz CT molecular complexity index is 454. The summed E-state index contributed by atoms with van der Waals surface area (Å²) in [6, 6.07) is 4.70. The van der Waals surface area contributed by atoms with Gasteiger partial charge in [-0.1, -0.05) is 18.2 Å². The molecule has 4 nitrogen and oxygen atoms in total. The van der Waals surface area contributed by atoms with Crippen molar-refractivity contribution >= 4 is 5.69 Å². The number of nitrogens with zero attached hydrogens (tertiary/aromatic N) is 1. The highest BCUT2D eigenvalue weighted by molar-refractivity contribution is 5.41. The van der Waals surface area contributed by atoms with E-state index in [0.29, 0.717) is 0 Å². The van der Waals surface area contributed by atoms with Crippen LogP contribution in [-0.2, 0) is 0 Å². The first kappa shape index (κ1) is 15.4. The molecule has 0 saturated heterocycles. The molecule has 0 bridgehead atoms. The fourth-order valence-corrected chi connectivity index (χ4v) is 1.50. The molecule has 0 fully saturated rings. The highest BCUT2D eigenvalue weighted by Crippen LogP contribution is 2.26. The van der Waals surface area contributed by atoms with E-state index in [1.54, 1.807) is 0 Å². The molecule has 0 spiro atoms. The zero-order valence-electron chi connectivity index (χ0n) is 9.95. The summed E-state index contributed by atoms with van der Waals surface area (Å²) in [6.07, 6.45) is -3.78. The predicted molar refractivity (Wildman–Crippen MR) is 60.5 cm³/mol. The van der Waals surface area contributed by atoms with Crippen LogP contribution in [0.25, 0.3) is 0 Å². The number of alkyl halides is 4. The molecule has 0 aliphatic carbocycles. The van der Waals surface area contributed by atoms with Gasteiger partial charge >= 0.3 is 12.3 Å². The van der Waals surface area contributed by atoms with Crippen LogP contribution in [0.2, 0.25) is 0 Å². The van der Waals surface area contributed by atoms with Crippen LogP contribution in [0.1, 0.15) is 18.5 Å². The van der Waals surface area contributed by atoms with Crippen LogP contribution in [0.3, 0.4) is 0 Å². The second kappa shape index (κ2) is 5.96. The molecule has 1 aromatic carbocycles. The van der Waals surface area contributed by atoms with Crippen molar-refractivity contribution in [3.63, 3.8) is 0 Å². The summed E-state index contributed by atoms with van der Waals surface area (Å²) in [5, 5.41) is 12.9. The molecule has 0 heterocycles. The Kier molecular flexibility index (Phi) is 4.82. The van der Waals surface area contributed by atoms with Crippen LogP contribution in [-0.4, -0.2) is 23.8 Å². The van der Waals surface area contributed by atoms with Gasteiger partial charge in [0.1, 0.15) is 0 Å². The Morgan fingerprint density at radius 1 is 1.37 bits per heavy atom. The molecular weight excluding hydrogens is 268 g/mol. The fraction of sp³-hybridized carbons (Fsp3) is 0.455. The molecular formula is C11H12F4N2O2. The highest BCUT2D eigenvalue weighted by atomic mass is 19.3. The Labute approximate surface area is 106 Å². The van der Waals surface area contributed by atoms with Gasteiger partial charge in [0.15, 0.2) is 0 Å².